The third-order valence-electron chi connectivity index (χ3n) is 3.55. The summed E-state index contributed by atoms with van der Waals surface area (Å²) >= 11 is 0. The number of hydrogen-bond donors (Lipinski definition) is 0. The van der Waals surface area contributed by atoms with Crippen molar-refractivity contribution in [1.82, 2.24) is 0 Å². The lowest BCUT2D eigenvalue weighted by Crippen LogP contribution is -2.24. The molecule has 0 aliphatic heterocycles. The molecule has 1 aromatic rings. The Morgan fingerprint density at radius 3 is 2.57 bits per heavy atom. The smallest absolute Gasteiger partial charge is 0.123 e. The minimum absolute atomic E-state index is 0.327. The van der Waals surface area contributed by atoms with E-state index in [1.807, 2.05) is 69.3 Å². The quantitative estimate of drug-likeness (QED) is 0.731. The van der Waals surface area contributed by atoms with E-state index in [2.05, 4.69) is 0 Å². The van der Waals surface area contributed by atoms with Crippen molar-refractivity contribution in [2.75, 3.05) is 0 Å². The zero-order valence-electron chi connectivity index (χ0n) is 13.7. The molecular formula is C19H22O3S. The fourth-order valence-electron chi connectivity index (χ4n) is 2.22. The number of hydrogen-bond acceptors (Lipinski definition) is 3. The third kappa shape index (κ3) is 4.76. The molecule has 3 nitrogen and oxygen atoms in total. The Labute approximate surface area is 140 Å². The summed E-state index contributed by atoms with van der Waals surface area (Å²) in [6.07, 6.45) is 7.52. The van der Waals surface area contributed by atoms with Gasteiger partial charge in [-0.05, 0) is 50.6 Å². The van der Waals surface area contributed by atoms with Crippen LogP contribution in [0, 0.1) is 0 Å². The SMILES string of the molecule is CC1=CC=C(S(=O)c2ccccc2)CC=C1OC(C)(C)CC=O. The van der Waals surface area contributed by atoms with Gasteiger partial charge in [-0.15, -0.1) is 0 Å². The Morgan fingerprint density at radius 2 is 1.91 bits per heavy atom. The first kappa shape index (κ1) is 17.4. The van der Waals surface area contributed by atoms with Crippen LogP contribution in [0.1, 0.15) is 33.6 Å². The summed E-state index contributed by atoms with van der Waals surface area (Å²) in [5.41, 5.74) is 0.412. The van der Waals surface area contributed by atoms with E-state index in [0.29, 0.717) is 12.8 Å². The Kier molecular flexibility index (Phi) is 5.72. The summed E-state index contributed by atoms with van der Waals surface area (Å²) in [6.45, 7) is 5.72. The summed E-state index contributed by atoms with van der Waals surface area (Å²) in [5.74, 6) is 0.744. The first-order valence-electron chi connectivity index (χ1n) is 7.60. The lowest BCUT2D eigenvalue weighted by molar-refractivity contribution is -0.111. The molecule has 0 spiro atoms. The van der Waals surface area contributed by atoms with E-state index in [1.165, 1.54) is 0 Å². The molecule has 1 aliphatic rings. The minimum atomic E-state index is -1.18. The highest BCUT2D eigenvalue weighted by molar-refractivity contribution is 7.89. The van der Waals surface area contributed by atoms with Crippen LogP contribution in [0.5, 0.6) is 0 Å². The van der Waals surface area contributed by atoms with Crippen LogP contribution in [-0.4, -0.2) is 16.1 Å². The van der Waals surface area contributed by atoms with E-state index < -0.39 is 16.4 Å². The predicted octanol–water partition coefficient (Wildman–Crippen LogP) is 4.30. The first-order chi connectivity index (χ1) is 10.9. The van der Waals surface area contributed by atoms with Gasteiger partial charge in [0.05, 0.1) is 10.8 Å². The Morgan fingerprint density at radius 1 is 1.22 bits per heavy atom. The zero-order chi connectivity index (χ0) is 16.9. The number of ether oxygens (including phenoxy) is 1. The van der Waals surface area contributed by atoms with Crippen LogP contribution in [0.2, 0.25) is 0 Å². The molecule has 0 saturated heterocycles. The van der Waals surface area contributed by atoms with Gasteiger partial charge in [-0.3, -0.25) is 0 Å². The van der Waals surface area contributed by atoms with Crippen molar-refractivity contribution in [2.45, 2.75) is 44.1 Å². The van der Waals surface area contributed by atoms with E-state index in [0.717, 1.165) is 27.4 Å². The van der Waals surface area contributed by atoms with E-state index in [-0.39, 0.29) is 0 Å². The van der Waals surface area contributed by atoms with Crippen LogP contribution in [0.4, 0.5) is 0 Å². The van der Waals surface area contributed by atoms with E-state index >= 15 is 0 Å². The van der Waals surface area contributed by atoms with Crippen molar-refractivity contribution in [3.8, 4) is 0 Å². The van der Waals surface area contributed by atoms with Crippen LogP contribution >= 0.6 is 0 Å². The van der Waals surface area contributed by atoms with E-state index in [9.17, 15) is 9.00 Å². The van der Waals surface area contributed by atoms with Crippen LogP contribution in [0.25, 0.3) is 0 Å². The highest BCUT2D eigenvalue weighted by Crippen LogP contribution is 2.28. The molecule has 0 amide bonds. The molecule has 1 aliphatic carbocycles. The number of benzene rings is 1. The fraction of sp³-hybridized carbons (Fsp3) is 0.316. The van der Waals surface area contributed by atoms with Gasteiger partial charge in [0.15, 0.2) is 0 Å². The number of allylic oxidation sites excluding steroid dienone is 5. The number of carbonyl (C=O) groups excluding carboxylic acids is 1. The maximum absolute atomic E-state index is 12.7. The van der Waals surface area contributed by atoms with Crippen molar-refractivity contribution in [2.24, 2.45) is 0 Å². The molecule has 122 valence electrons. The van der Waals surface area contributed by atoms with Gasteiger partial charge in [0.1, 0.15) is 17.6 Å². The van der Waals surface area contributed by atoms with Crippen molar-refractivity contribution in [3.63, 3.8) is 0 Å². The molecule has 1 atom stereocenters. The van der Waals surface area contributed by atoms with Crippen molar-refractivity contribution < 1.29 is 13.7 Å². The molecule has 4 heteroatoms. The first-order valence-corrected chi connectivity index (χ1v) is 8.75. The second-order valence-corrected chi connectivity index (χ2v) is 7.60. The lowest BCUT2D eigenvalue weighted by atomic mass is 10.1. The van der Waals surface area contributed by atoms with Crippen molar-refractivity contribution in [1.29, 1.82) is 0 Å². The molecule has 0 radical (unpaired) electrons. The second kappa shape index (κ2) is 7.55. The van der Waals surface area contributed by atoms with Gasteiger partial charge in [-0.1, -0.05) is 24.3 Å². The number of carbonyl (C=O) groups is 1. The minimum Gasteiger partial charge on any atom is -0.487 e. The van der Waals surface area contributed by atoms with E-state index in [4.69, 9.17) is 4.74 Å². The highest BCUT2D eigenvalue weighted by Gasteiger charge is 2.22. The molecule has 0 saturated carbocycles. The summed E-state index contributed by atoms with van der Waals surface area (Å²) in [5, 5.41) is 0. The molecule has 0 aromatic heterocycles. The van der Waals surface area contributed by atoms with E-state index in [1.54, 1.807) is 0 Å². The largest absolute Gasteiger partial charge is 0.487 e. The monoisotopic (exact) mass is 330 g/mol. The molecule has 0 N–H and O–H groups in total. The molecule has 0 bridgehead atoms. The van der Waals surface area contributed by atoms with Crippen LogP contribution in [0.15, 0.2) is 69.7 Å². The molecule has 1 aromatic carbocycles. The fourth-order valence-corrected chi connectivity index (χ4v) is 3.35. The summed E-state index contributed by atoms with van der Waals surface area (Å²) in [6, 6.07) is 9.42. The average Bonchev–Trinajstić information content (AvgIpc) is 2.70. The second-order valence-electron chi connectivity index (χ2n) is 6.07. The summed E-state index contributed by atoms with van der Waals surface area (Å²) in [7, 11) is -1.18. The molecule has 23 heavy (non-hydrogen) atoms. The number of rotatable bonds is 6. The van der Waals surface area contributed by atoms with Crippen LogP contribution < -0.4 is 0 Å². The van der Waals surface area contributed by atoms with Gasteiger partial charge in [-0.2, -0.15) is 0 Å². The molecule has 0 fully saturated rings. The average molecular weight is 330 g/mol. The van der Waals surface area contributed by atoms with Crippen LogP contribution in [-0.2, 0) is 20.3 Å². The summed E-state index contributed by atoms with van der Waals surface area (Å²) in [4.78, 5) is 12.4. The van der Waals surface area contributed by atoms with Gasteiger partial charge >= 0.3 is 0 Å². The topological polar surface area (TPSA) is 43.4 Å². The predicted molar refractivity (Wildman–Crippen MR) is 93.2 cm³/mol. The summed E-state index contributed by atoms with van der Waals surface area (Å²) < 4.78 is 18.6. The zero-order valence-corrected chi connectivity index (χ0v) is 14.6. The van der Waals surface area contributed by atoms with Gasteiger partial charge in [-0.25, -0.2) is 4.21 Å². The van der Waals surface area contributed by atoms with Gasteiger partial charge in [0.25, 0.3) is 0 Å². The van der Waals surface area contributed by atoms with Crippen LogP contribution in [0.3, 0.4) is 0 Å². The number of aldehydes is 1. The molecule has 2 rings (SSSR count). The molecule has 0 heterocycles. The van der Waals surface area contributed by atoms with Crippen molar-refractivity contribution >= 4 is 17.1 Å². The maximum Gasteiger partial charge on any atom is 0.123 e. The van der Waals surface area contributed by atoms with Gasteiger partial charge in [0.2, 0.25) is 0 Å². The standard InChI is InChI=1S/C19H22O3S/c1-15-9-10-17(23(21)16-7-5-4-6-8-16)11-12-18(15)22-19(2,3)13-14-20/h4-10,12,14H,11,13H2,1-3H3. The highest BCUT2D eigenvalue weighted by atomic mass is 32.2. The third-order valence-corrected chi connectivity index (χ3v) is 5.03. The lowest BCUT2D eigenvalue weighted by Gasteiger charge is -2.26. The maximum atomic E-state index is 12.7. The molecular weight excluding hydrogens is 308 g/mol. The van der Waals surface area contributed by atoms with Gasteiger partial charge in [0, 0.05) is 22.6 Å². The normalized spacial score (nSPS) is 16.6. The Hall–Kier alpha value is -1.94. The molecule has 1 unspecified atom stereocenters. The van der Waals surface area contributed by atoms with Crippen molar-refractivity contribution in [3.05, 3.63) is 64.8 Å². The Bertz CT molecular complexity index is 682. The van der Waals surface area contributed by atoms with Gasteiger partial charge < -0.3 is 9.53 Å². The Balaban J connectivity index is 2.18.